The lowest BCUT2D eigenvalue weighted by molar-refractivity contribution is -0.117. The molecule has 2 heterocycles. The number of nitrogens with two attached hydrogens (primary N) is 1. The summed E-state index contributed by atoms with van der Waals surface area (Å²) in [4.78, 5) is 28.2. The number of amides is 2. The average Bonchev–Trinajstić information content (AvgIpc) is 3.61. The van der Waals surface area contributed by atoms with Gasteiger partial charge in [0.15, 0.2) is 23.0 Å². The van der Waals surface area contributed by atoms with Gasteiger partial charge in [0, 0.05) is 19.0 Å². The van der Waals surface area contributed by atoms with Crippen LogP contribution in [0.25, 0.3) is 11.4 Å². The van der Waals surface area contributed by atoms with Crippen molar-refractivity contribution in [1.29, 1.82) is 0 Å². The van der Waals surface area contributed by atoms with Crippen molar-refractivity contribution in [1.82, 2.24) is 24.6 Å². The number of nitrogens with one attached hydrogen (secondary N) is 2. The van der Waals surface area contributed by atoms with Crippen LogP contribution in [0.15, 0.2) is 28.8 Å². The van der Waals surface area contributed by atoms with Gasteiger partial charge in [-0.25, -0.2) is 8.42 Å². The van der Waals surface area contributed by atoms with E-state index in [1.165, 1.54) is 13.2 Å². The molecule has 1 aliphatic carbocycles. The van der Waals surface area contributed by atoms with Crippen LogP contribution < -0.4 is 21.1 Å². The van der Waals surface area contributed by atoms with Crippen LogP contribution in [0.4, 0.5) is 30.4 Å². The van der Waals surface area contributed by atoms with Crippen LogP contribution in [0.3, 0.4) is 0 Å². The van der Waals surface area contributed by atoms with Crippen molar-refractivity contribution in [3.63, 3.8) is 0 Å². The Bertz CT molecular complexity index is 1540. The van der Waals surface area contributed by atoms with Crippen LogP contribution in [0.1, 0.15) is 29.2 Å². The Kier molecular flexibility index (Phi) is 7.92. The number of rotatable bonds is 11. The van der Waals surface area contributed by atoms with Gasteiger partial charge < -0.3 is 25.6 Å². The molecule has 14 nitrogen and oxygen atoms in total. The van der Waals surface area contributed by atoms with Gasteiger partial charge in [-0.15, -0.1) is 10.2 Å². The highest BCUT2D eigenvalue weighted by atomic mass is 32.2. The minimum atomic E-state index is -4.92. The molecule has 0 atom stereocenters. The fourth-order valence-electron chi connectivity index (χ4n) is 3.51. The number of anilines is 3. The van der Waals surface area contributed by atoms with E-state index >= 15 is 0 Å². The molecule has 3 aromatic rings. The Morgan fingerprint density at radius 3 is 2.58 bits per heavy atom. The van der Waals surface area contributed by atoms with Crippen molar-refractivity contribution >= 4 is 39.0 Å². The standard InChI is InChI=1S/C22H23F3N8O6S/c1-33(40(36,37)10-22(23,24)25)9-16-29-20(32-39-16)12-4-3-5-13(18(12)38-2)27-14-8-15(28-21(35)11-6-7-11)30-31-17(14)19(26)34/h3-5,8,11H,6-7,9-10H2,1-2H3,(H2,26,34)(H2,27,28,30,35). The molecule has 18 heteroatoms. The lowest BCUT2D eigenvalue weighted by Crippen LogP contribution is -2.35. The Hall–Kier alpha value is -4.32. The number of methoxy groups -OCH3 is 1. The fourth-order valence-corrected chi connectivity index (χ4v) is 4.46. The zero-order valence-corrected chi connectivity index (χ0v) is 21.8. The quantitative estimate of drug-likeness (QED) is 0.298. The van der Waals surface area contributed by atoms with E-state index in [0.29, 0.717) is 4.31 Å². The van der Waals surface area contributed by atoms with Crippen LogP contribution >= 0.6 is 0 Å². The Balaban J connectivity index is 1.60. The van der Waals surface area contributed by atoms with E-state index in [9.17, 15) is 31.2 Å². The summed E-state index contributed by atoms with van der Waals surface area (Å²) in [5, 5.41) is 17.0. The molecule has 2 aromatic heterocycles. The second-order valence-electron chi connectivity index (χ2n) is 8.77. The summed E-state index contributed by atoms with van der Waals surface area (Å²) in [5.41, 5.74) is 5.86. The molecule has 0 radical (unpaired) electrons. The summed E-state index contributed by atoms with van der Waals surface area (Å²) in [6.45, 7) is -0.605. The number of alkyl halides is 3. The molecule has 1 aliphatic rings. The second kappa shape index (κ2) is 11.0. The number of nitrogens with zero attached hydrogens (tertiary/aromatic N) is 5. The molecule has 0 unspecified atom stereocenters. The normalized spacial score (nSPS) is 13.8. The third-order valence-electron chi connectivity index (χ3n) is 5.60. The van der Waals surface area contributed by atoms with E-state index in [1.54, 1.807) is 18.2 Å². The highest BCUT2D eigenvalue weighted by Gasteiger charge is 2.37. The maximum atomic E-state index is 12.6. The number of primary amides is 1. The van der Waals surface area contributed by atoms with Crippen molar-refractivity contribution in [2.75, 3.05) is 30.5 Å². The fraction of sp³-hybridized carbons (Fsp3) is 0.364. The number of ether oxygens (including phenoxy) is 1. The van der Waals surface area contributed by atoms with Crippen molar-refractivity contribution in [3.8, 4) is 17.1 Å². The molecule has 4 N–H and O–H groups in total. The lowest BCUT2D eigenvalue weighted by Gasteiger charge is -2.16. The summed E-state index contributed by atoms with van der Waals surface area (Å²) >= 11 is 0. The first-order valence-electron chi connectivity index (χ1n) is 11.5. The van der Waals surface area contributed by atoms with Gasteiger partial charge in [-0.1, -0.05) is 11.2 Å². The molecule has 0 bridgehead atoms. The molecule has 40 heavy (non-hydrogen) atoms. The van der Waals surface area contributed by atoms with Crippen molar-refractivity contribution in [2.45, 2.75) is 25.6 Å². The van der Waals surface area contributed by atoms with Gasteiger partial charge in [0.1, 0.15) is 0 Å². The first-order valence-corrected chi connectivity index (χ1v) is 13.1. The highest BCUT2D eigenvalue weighted by Crippen LogP contribution is 2.37. The van der Waals surface area contributed by atoms with E-state index in [0.717, 1.165) is 19.9 Å². The third kappa shape index (κ3) is 6.81. The molecule has 214 valence electrons. The number of sulfonamides is 1. The van der Waals surface area contributed by atoms with Gasteiger partial charge >= 0.3 is 6.18 Å². The number of halogens is 3. The second-order valence-corrected chi connectivity index (χ2v) is 10.8. The maximum absolute atomic E-state index is 12.6. The van der Waals surface area contributed by atoms with E-state index in [1.807, 2.05) is 0 Å². The van der Waals surface area contributed by atoms with Gasteiger partial charge in [0.05, 0.1) is 30.6 Å². The molecule has 0 saturated heterocycles. The van der Waals surface area contributed by atoms with E-state index in [4.69, 9.17) is 15.0 Å². The molecular weight excluding hydrogens is 561 g/mol. The van der Waals surface area contributed by atoms with Crippen molar-refractivity contribution < 1.29 is 40.4 Å². The van der Waals surface area contributed by atoms with Crippen LogP contribution in [0.2, 0.25) is 0 Å². The summed E-state index contributed by atoms with van der Waals surface area (Å²) in [7, 11) is -2.39. The molecule has 1 fully saturated rings. The first-order chi connectivity index (χ1) is 18.8. The van der Waals surface area contributed by atoms with Crippen LogP contribution in [-0.4, -0.2) is 71.0 Å². The predicted octanol–water partition coefficient (Wildman–Crippen LogP) is 2.05. The Labute approximate surface area is 225 Å². The third-order valence-corrected chi connectivity index (χ3v) is 7.37. The van der Waals surface area contributed by atoms with E-state index in [-0.39, 0.29) is 57.7 Å². The van der Waals surface area contributed by atoms with Crippen LogP contribution in [-0.2, 0) is 21.4 Å². The zero-order chi connectivity index (χ0) is 29.2. The summed E-state index contributed by atoms with van der Waals surface area (Å²) < 4.78 is 72.8. The maximum Gasteiger partial charge on any atom is 0.404 e. The SMILES string of the molecule is COc1c(Nc2cc(NC(=O)C3CC3)nnc2C(N)=O)cccc1-c1noc(CN(C)S(=O)(=O)CC(F)(F)F)n1. The van der Waals surface area contributed by atoms with Gasteiger partial charge in [0.2, 0.25) is 27.6 Å². The predicted molar refractivity (Wildman–Crippen MR) is 133 cm³/mol. The number of hydrogen-bond donors (Lipinski definition) is 3. The van der Waals surface area contributed by atoms with Crippen molar-refractivity contribution in [3.05, 3.63) is 35.9 Å². The number of carbonyl (C=O) groups excluding carboxylic acids is 2. The molecule has 2 amide bonds. The number of aromatic nitrogens is 4. The Morgan fingerprint density at radius 1 is 1.23 bits per heavy atom. The molecule has 0 aliphatic heterocycles. The van der Waals surface area contributed by atoms with Gasteiger partial charge in [-0.3, -0.25) is 9.59 Å². The summed E-state index contributed by atoms with van der Waals surface area (Å²) in [5.74, 6) is -3.34. The minimum absolute atomic E-state index is 0.0579. The number of hydrogen-bond acceptors (Lipinski definition) is 11. The Morgan fingerprint density at radius 2 is 1.95 bits per heavy atom. The molecular formula is C22H23F3N8O6S. The molecule has 0 spiro atoms. The van der Waals surface area contributed by atoms with E-state index in [2.05, 4.69) is 31.0 Å². The smallest absolute Gasteiger partial charge is 0.404 e. The molecule has 1 aromatic carbocycles. The average molecular weight is 585 g/mol. The van der Waals surface area contributed by atoms with Gasteiger partial charge in [-0.05, 0) is 25.0 Å². The lowest BCUT2D eigenvalue weighted by atomic mass is 10.1. The minimum Gasteiger partial charge on any atom is -0.494 e. The molecule has 1 saturated carbocycles. The number of para-hydroxylation sites is 1. The van der Waals surface area contributed by atoms with Crippen LogP contribution in [0.5, 0.6) is 5.75 Å². The van der Waals surface area contributed by atoms with Gasteiger partial charge in [-0.2, -0.15) is 22.5 Å². The van der Waals surface area contributed by atoms with E-state index < -0.39 is 34.4 Å². The van der Waals surface area contributed by atoms with Crippen LogP contribution in [0, 0.1) is 5.92 Å². The largest absolute Gasteiger partial charge is 0.494 e. The summed E-state index contributed by atoms with van der Waals surface area (Å²) in [6, 6.07) is 6.08. The topological polar surface area (TPSA) is 196 Å². The number of benzene rings is 1. The number of carbonyl (C=O) groups is 2. The first kappa shape index (κ1) is 28.7. The molecule has 4 rings (SSSR count). The van der Waals surface area contributed by atoms with Crippen molar-refractivity contribution in [2.24, 2.45) is 11.7 Å². The monoisotopic (exact) mass is 584 g/mol. The van der Waals surface area contributed by atoms with Gasteiger partial charge in [0.25, 0.3) is 5.91 Å². The summed E-state index contributed by atoms with van der Waals surface area (Å²) in [6.07, 6.45) is -3.38. The zero-order valence-electron chi connectivity index (χ0n) is 21.0. The highest BCUT2D eigenvalue weighted by molar-refractivity contribution is 7.89.